The van der Waals surface area contributed by atoms with Crippen molar-refractivity contribution in [3.8, 4) is 11.5 Å². The number of nitrogens with zero attached hydrogens (tertiary/aromatic N) is 1. The highest BCUT2D eigenvalue weighted by atomic mass is 16.5. The molecule has 1 N–H and O–H groups in total. The van der Waals surface area contributed by atoms with Gasteiger partial charge in [-0.15, -0.1) is 0 Å². The predicted molar refractivity (Wildman–Crippen MR) is 95.2 cm³/mol. The number of hydrogen-bond donors (Lipinski definition) is 1. The van der Waals surface area contributed by atoms with Gasteiger partial charge in [0.05, 0.1) is 14.2 Å². The molecule has 25 heavy (non-hydrogen) atoms. The zero-order chi connectivity index (χ0) is 18.4. The Morgan fingerprint density at radius 1 is 0.960 bits per heavy atom. The largest absolute Gasteiger partial charge is 0.493 e. The third kappa shape index (κ3) is 4.29. The summed E-state index contributed by atoms with van der Waals surface area (Å²) in [6.07, 6.45) is 0. The van der Waals surface area contributed by atoms with E-state index < -0.39 is 0 Å². The number of methoxy groups -OCH3 is 2. The molecule has 2 rings (SSSR count). The molecule has 2 aromatic carbocycles. The molecular weight excluding hydrogens is 320 g/mol. The quantitative estimate of drug-likeness (QED) is 0.875. The number of hydrogen-bond acceptors (Lipinski definition) is 4. The van der Waals surface area contributed by atoms with Crippen LogP contribution in [0.25, 0.3) is 0 Å². The number of benzene rings is 2. The molecule has 0 fully saturated rings. The van der Waals surface area contributed by atoms with E-state index in [2.05, 4.69) is 5.32 Å². The Morgan fingerprint density at radius 2 is 1.56 bits per heavy atom. The van der Waals surface area contributed by atoms with Crippen LogP contribution in [0, 0.1) is 0 Å². The minimum absolute atomic E-state index is 0.128. The van der Waals surface area contributed by atoms with Crippen molar-refractivity contribution >= 4 is 11.8 Å². The van der Waals surface area contributed by atoms with Crippen LogP contribution >= 0.6 is 0 Å². The van der Waals surface area contributed by atoms with E-state index in [0.717, 1.165) is 5.56 Å². The number of nitrogens with one attached hydrogen (secondary N) is 1. The van der Waals surface area contributed by atoms with Crippen molar-refractivity contribution in [2.24, 2.45) is 0 Å². The van der Waals surface area contributed by atoms with Gasteiger partial charge in [-0.2, -0.15) is 0 Å². The smallest absolute Gasteiger partial charge is 0.254 e. The molecule has 0 spiro atoms. The van der Waals surface area contributed by atoms with E-state index in [1.165, 1.54) is 7.11 Å². The van der Waals surface area contributed by atoms with Crippen molar-refractivity contribution in [3.63, 3.8) is 0 Å². The maximum atomic E-state index is 12.6. The minimum atomic E-state index is -0.138. The van der Waals surface area contributed by atoms with Gasteiger partial charge in [0.1, 0.15) is 0 Å². The third-order valence-corrected chi connectivity index (χ3v) is 3.84. The summed E-state index contributed by atoms with van der Waals surface area (Å²) in [6.45, 7) is 0.432. The Labute approximate surface area is 147 Å². The van der Waals surface area contributed by atoms with Crippen LogP contribution in [0.4, 0.5) is 0 Å². The number of ether oxygens (including phenoxy) is 2. The van der Waals surface area contributed by atoms with Crippen molar-refractivity contribution in [2.75, 3.05) is 28.3 Å². The number of rotatable bonds is 6. The first-order valence-corrected chi connectivity index (χ1v) is 7.78. The molecule has 0 unspecified atom stereocenters. The average molecular weight is 342 g/mol. The summed E-state index contributed by atoms with van der Waals surface area (Å²) in [5.41, 5.74) is 2.03. The Balaban J connectivity index is 2.11. The van der Waals surface area contributed by atoms with Crippen LogP contribution < -0.4 is 14.8 Å². The standard InChI is InChI=1S/C19H22N2O4/c1-20-18(22)14-7-5-13(6-8-14)12-21(2)19(23)15-9-10-16(24-3)17(11-15)25-4/h5-11H,12H2,1-4H3,(H,20,22). The summed E-state index contributed by atoms with van der Waals surface area (Å²) >= 11 is 0. The summed E-state index contributed by atoms with van der Waals surface area (Å²) in [7, 11) is 6.40. The first kappa shape index (κ1) is 18.3. The molecule has 0 saturated carbocycles. The van der Waals surface area contributed by atoms with E-state index in [1.54, 1.807) is 56.4 Å². The van der Waals surface area contributed by atoms with Gasteiger partial charge in [-0.3, -0.25) is 9.59 Å². The molecule has 0 aliphatic rings. The highest BCUT2D eigenvalue weighted by molar-refractivity contribution is 5.95. The lowest BCUT2D eigenvalue weighted by Gasteiger charge is -2.18. The van der Waals surface area contributed by atoms with Gasteiger partial charge in [-0.25, -0.2) is 0 Å². The Kier molecular flexibility index (Phi) is 6.00. The first-order valence-electron chi connectivity index (χ1n) is 7.78. The predicted octanol–water partition coefficient (Wildman–Crippen LogP) is 2.34. The summed E-state index contributed by atoms with van der Waals surface area (Å²) < 4.78 is 10.4. The molecule has 2 aromatic rings. The second-order valence-corrected chi connectivity index (χ2v) is 5.51. The molecule has 0 heterocycles. The lowest BCUT2D eigenvalue weighted by atomic mass is 10.1. The van der Waals surface area contributed by atoms with Crippen molar-refractivity contribution in [1.29, 1.82) is 0 Å². The first-order chi connectivity index (χ1) is 12.0. The number of carbonyl (C=O) groups is 2. The minimum Gasteiger partial charge on any atom is -0.493 e. The zero-order valence-electron chi connectivity index (χ0n) is 14.8. The van der Waals surface area contributed by atoms with Gasteiger partial charge in [-0.1, -0.05) is 12.1 Å². The van der Waals surface area contributed by atoms with E-state index in [1.807, 2.05) is 12.1 Å². The fraction of sp³-hybridized carbons (Fsp3) is 0.263. The average Bonchev–Trinajstić information content (AvgIpc) is 2.66. The molecule has 0 aliphatic carbocycles. The normalized spacial score (nSPS) is 10.1. The van der Waals surface area contributed by atoms with Crippen LogP contribution in [-0.2, 0) is 6.54 Å². The van der Waals surface area contributed by atoms with E-state index >= 15 is 0 Å². The molecule has 132 valence electrons. The van der Waals surface area contributed by atoms with E-state index in [0.29, 0.717) is 29.2 Å². The highest BCUT2D eigenvalue weighted by Gasteiger charge is 2.15. The summed E-state index contributed by atoms with van der Waals surface area (Å²) in [6, 6.07) is 12.2. The van der Waals surface area contributed by atoms with Gasteiger partial charge in [0.2, 0.25) is 0 Å². The maximum Gasteiger partial charge on any atom is 0.254 e. The van der Waals surface area contributed by atoms with Gasteiger partial charge in [0.25, 0.3) is 11.8 Å². The van der Waals surface area contributed by atoms with Gasteiger partial charge in [0.15, 0.2) is 11.5 Å². The number of amides is 2. The molecule has 6 nitrogen and oxygen atoms in total. The van der Waals surface area contributed by atoms with Crippen molar-refractivity contribution in [1.82, 2.24) is 10.2 Å². The maximum absolute atomic E-state index is 12.6. The summed E-state index contributed by atoms with van der Waals surface area (Å²) in [5.74, 6) is 0.820. The van der Waals surface area contributed by atoms with E-state index in [9.17, 15) is 9.59 Å². The summed E-state index contributed by atoms with van der Waals surface area (Å²) in [5, 5.41) is 2.58. The van der Waals surface area contributed by atoms with E-state index in [-0.39, 0.29) is 11.8 Å². The van der Waals surface area contributed by atoms with Crippen molar-refractivity contribution in [3.05, 3.63) is 59.2 Å². The molecule has 0 bridgehead atoms. The van der Waals surface area contributed by atoms with Crippen molar-refractivity contribution < 1.29 is 19.1 Å². The van der Waals surface area contributed by atoms with Gasteiger partial charge < -0.3 is 19.7 Å². The Morgan fingerprint density at radius 3 is 2.12 bits per heavy atom. The van der Waals surface area contributed by atoms with Crippen LogP contribution in [0.5, 0.6) is 11.5 Å². The molecular formula is C19H22N2O4. The fourth-order valence-corrected chi connectivity index (χ4v) is 2.44. The van der Waals surface area contributed by atoms with Crippen LogP contribution in [0.2, 0.25) is 0 Å². The monoisotopic (exact) mass is 342 g/mol. The van der Waals surface area contributed by atoms with Gasteiger partial charge in [-0.05, 0) is 35.9 Å². The van der Waals surface area contributed by atoms with E-state index in [4.69, 9.17) is 9.47 Å². The van der Waals surface area contributed by atoms with Crippen LogP contribution in [0.3, 0.4) is 0 Å². The van der Waals surface area contributed by atoms with Gasteiger partial charge in [0, 0.05) is 31.8 Å². The lowest BCUT2D eigenvalue weighted by Crippen LogP contribution is -2.26. The molecule has 0 radical (unpaired) electrons. The van der Waals surface area contributed by atoms with Crippen LogP contribution in [0.15, 0.2) is 42.5 Å². The van der Waals surface area contributed by atoms with Crippen LogP contribution in [-0.4, -0.2) is 45.0 Å². The molecule has 6 heteroatoms. The fourth-order valence-electron chi connectivity index (χ4n) is 2.44. The topological polar surface area (TPSA) is 67.9 Å². The third-order valence-electron chi connectivity index (χ3n) is 3.84. The Bertz CT molecular complexity index is 757. The molecule has 0 aliphatic heterocycles. The molecule has 2 amide bonds. The Hall–Kier alpha value is -3.02. The SMILES string of the molecule is CNC(=O)c1ccc(CN(C)C(=O)c2ccc(OC)c(OC)c2)cc1. The second kappa shape index (κ2) is 8.19. The zero-order valence-corrected chi connectivity index (χ0v) is 14.8. The molecule has 0 saturated heterocycles. The highest BCUT2D eigenvalue weighted by Crippen LogP contribution is 2.28. The number of carbonyl (C=O) groups excluding carboxylic acids is 2. The lowest BCUT2D eigenvalue weighted by molar-refractivity contribution is 0.0784. The van der Waals surface area contributed by atoms with Crippen LogP contribution in [0.1, 0.15) is 26.3 Å². The summed E-state index contributed by atoms with van der Waals surface area (Å²) in [4.78, 5) is 25.8. The van der Waals surface area contributed by atoms with Gasteiger partial charge >= 0.3 is 0 Å². The molecule has 0 atom stereocenters. The van der Waals surface area contributed by atoms with Crippen molar-refractivity contribution in [2.45, 2.75) is 6.54 Å². The molecule has 0 aromatic heterocycles. The second-order valence-electron chi connectivity index (χ2n) is 5.51.